The van der Waals surface area contributed by atoms with E-state index < -0.39 is 17.5 Å². The van der Waals surface area contributed by atoms with Crippen molar-refractivity contribution >= 4 is 18.1 Å². The molecule has 0 aliphatic heterocycles. The molecular weight excluding hydrogens is 258 g/mol. The minimum atomic E-state index is -0.807. The van der Waals surface area contributed by atoms with E-state index in [1.807, 2.05) is 13.8 Å². The van der Waals surface area contributed by atoms with Crippen molar-refractivity contribution in [3.05, 3.63) is 34.4 Å². The smallest absolute Gasteiger partial charge is 0.337 e. The lowest BCUT2D eigenvalue weighted by Gasteiger charge is -2.00. The van der Waals surface area contributed by atoms with Gasteiger partial charge in [0.25, 0.3) is 12.2 Å². The molecular formula is C11H15NO7. The largest absolute Gasteiger partial charge is 0.483 e. The zero-order valence-corrected chi connectivity index (χ0v) is 10.5. The third-order valence-electron chi connectivity index (χ3n) is 1.41. The van der Waals surface area contributed by atoms with Crippen LogP contribution in [0.3, 0.4) is 0 Å². The SMILES string of the molecule is CC.O=C(CO)Oc1ccc([N+](=O)[O-])cc1.O=CO. The Bertz CT molecular complexity index is 389. The zero-order valence-electron chi connectivity index (χ0n) is 10.5. The first kappa shape index (κ1) is 18.9. The van der Waals surface area contributed by atoms with Crippen LogP contribution in [0.2, 0.25) is 0 Å². The Morgan fingerprint density at radius 1 is 1.37 bits per heavy atom. The standard InChI is InChI=1S/C8H7NO5.C2H6.CH2O2/c10-5-8(11)14-7-3-1-6(2-4-7)9(12)13;1-2;2-1-3/h1-4,10H,5H2;1-2H3;1H,(H,2,3). The number of aliphatic hydroxyl groups is 1. The Morgan fingerprint density at radius 2 is 1.79 bits per heavy atom. The first-order valence-corrected chi connectivity index (χ1v) is 5.19. The highest BCUT2D eigenvalue weighted by Crippen LogP contribution is 2.17. The highest BCUT2D eigenvalue weighted by atomic mass is 16.6. The van der Waals surface area contributed by atoms with Gasteiger partial charge in [-0.1, -0.05) is 13.8 Å². The van der Waals surface area contributed by atoms with E-state index in [0.717, 1.165) is 0 Å². The van der Waals surface area contributed by atoms with Gasteiger partial charge in [-0.05, 0) is 12.1 Å². The second-order valence-electron chi connectivity index (χ2n) is 2.49. The molecule has 0 aromatic heterocycles. The maximum atomic E-state index is 10.6. The Hall–Kier alpha value is -2.48. The molecule has 1 rings (SSSR count). The minimum absolute atomic E-state index is 0.0891. The molecule has 0 bridgehead atoms. The number of esters is 1. The number of aliphatic hydroxyl groups excluding tert-OH is 1. The van der Waals surface area contributed by atoms with Crippen molar-refractivity contribution in [2.75, 3.05) is 6.61 Å². The van der Waals surface area contributed by atoms with Crippen LogP contribution < -0.4 is 4.74 Å². The number of benzene rings is 1. The molecule has 0 unspecified atom stereocenters. The van der Waals surface area contributed by atoms with E-state index in [1.54, 1.807) is 0 Å². The summed E-state index contributed by atoms with van der Waals surface area (Å²) in [7, 11) is 0. The molecule has 0 heterocycles. The molecule has 0 radical (unpaired) electrons. The van der Waals surface area contributed by atoms with Crippen molar-refractivity contribution in [3.63, 3.8) is 0 Å². The van der Waals surface area contributed by atoms with Crippen LogP contribution in [-0.4, -0.2) is 34.2 Å². The van der Waals surface area contributed by atoms with Crippen LogP contribution in [0, 0.1) is 10.1 Å². The van der Waals surface area contributed by atoms with Crippen molar-refractivity contribution in [3.8, 4) is 5.75 Å². The molecule has 0 aliphatic carbocycles. The molecule has 0 saturated heterocycles. The molecule has 1 aromatic rings. The summed E-state index contributed by atoms with van der Waals surface area (Å²) in [5.41, 5.74) is -0.0891. The first-order chi connectivity index (χ1) is 9.04. The average molecular weight is 273 g/mol. The van der Waals surface area contributed by atoms with Crippen molar-refractivity contribution in [1.29, 1.82) is 0 Å². The number of carbonyl (C=O) groups is 2. The number of hydrogen-bond acceptors (Lipinski definition) is 6. The number of ether oxygens (including phenoxy) is 1. The van der Waals surface area contributed by atoms with E-state index in [-0.39, 0.29) is 17.9 Å². The predicted octanol–water partition coefficient (Wildman–Crippen LogP) is 1.22. The molecule has 0 spiro atoms. The normalized spacial score (nSPS) is 7.95. The van der Waals surface area contributed by atoms with Gasteiger partial charge in [0, 0.05) is 12.1 Å². The van der Waals surface area contributed by atoms with E-state index in [2.05, 4.69) is 4.74 Å². The Labute approximate surface area is 109 Å². The van der Waals surface area contributed by atoms with E-state index in [0.29, 0.717) is 0 Å². The van der Waals surface area contributed by atoms with Gasteiger partial charge in [0.1, 0.15) is 12.4 Å². The van der Waals surface area contributed by atoms with Gasteiger partial charge in [0.15, 0.2) is 0 Å². The Morgan fingerprint density at radius 3 is 2.11 bits per heavy atom. The predicted molar refractivity (Wildman–Crippen MR) is 65.9 cm³/mol. The molecule has 8 heteroatoms. The third kappa shape index (κ3) is 9.24. The summed E-state index contributed by atoms with van der Waals surface area (Å²) in [6.07, 6.45) is 0. The summed E-state index contributed by atoms with van der Waals surface area (Å²) in [5.74, 6) is -0.645. The number of nitro benzene ring substituents is 1. The van der Waals surface area contributed by atoms with Gasteiger partial charge in [-0.3, -0.25) is 14.9 Å². The van der Waals surface area contributed by atoms with Crippen LogP contribution in [0.1, 0.15) is 13.8 Å². The second-order valence-corrected chi connectivity index (χ2v) is 2.49. The molecule has 2 N–H and O–H groups in total. The monoisotopic (exact) mass is 273 g/mol. The van der Waals surface area contributed by atoms with Gasteiger partial charge in [0.2, 0.25) is 0 Å². The maximum absolute atomic E-state index is 10.6. The quantitative estimate of drug-likeness (QED) is 0.278. The van der Waals surface area contributed by atoms with Crippen LogP contribution >= 0.6 is 0 Å². The van der Waals surface area contributed by atoms with Crippen molar-refractivity contribution in [1.82, 2.24) is 0 Å². The number of nitro groups is 1. The van der Waals surface area contributed by atoms with E-state index >= 15 is 0 Å². The maximum Gasteiger partial charge on any atom is 0.337 e. The van der Waals surface area contributed by atoms with E-state index in [1.165, 1.54) is 24.3 Å². The number of hydrogen-bond donors (Lipinski definition) is 2. The molecule has 8 nitrogen and oxygen atoms in total. The highest BCUT2D eigenvalue weighted by molar-refractivity contribution is 5.73. The summed E-state index contributed by atoms with van der Waals surface area (Å²) in [6.45, 7) is 3.02. The van der Waals surface area contributed by atoms with E-state index in [4.69, 9.17) is 15.0 Å². The molecule has 106 valence electrons. The second kappa shape index (κ2) is 12.0. The van der Waals surface area contributed by atoms with Gasteiger partial charge in [-0.15, -0.1) is 0 Å². The van der Waals surface area contributed by atoms with Crippen LogP contribution in [0.25, 0.3) is 0 Å². The molecule has 0 saturated carbocycles. The fourth-order valence-electron chi connectivity index (χ4n) is 0.800. The third-order valence-corrected chi connectivity index (χ3v) is 1.41. The molecule has 19 heavy (non-hydrogen) atoms. The van der Waals surface area contributed by atoms with Crippen molar-refractivity contribution in [2.24, 2.45) is 0 Å². The topological polar surface area (TPSA) is 127 Å². The Balaban J connectivity index is 0. The summed E-state index contributed by atoms with van der Waals surface area (Å²) in [4.78, 5) is 28.6. The zero-order chi connectivity index (χ0) is 15.3. The number of non-ortho nitro benzene ring substituents is 1. The molecule has 0 fully saturated rings. The number of carboxylic acid groups (broad SMARTS) is 1. The van der Waals surface area contributed by atoms with Gasteiger partial charge in [0.05, 0.1) is 4.92 Å². The summed E-state index contributed by atoms with van der Waals surface area (Å²) in [6, 6.07) is 4.98. The fraction of sp³-hybridized carbons (Fsp3) is 0.273. The summed E-state index contributed by atoms with van der Waals surface area (Å²) < 4.78 is 4.59. The minimum Gasteiger partial charge on any atom is -0.483 e. The van der Waals surface area contributed by atoms with Crippen LogP contribution in [0.15, 0.2) is 24.3 Å². The van der Waals surface area contributed by atoms with Gasteiger partial charge in [-0.25, -0.2) is 4.79 Å². The molecule has 0 aliphatic rings. The highest BCUT2D eigenvalue weighted by Gasteiger charge is 2.06. The first-order valence-electron chi connectivity index (χ1n) is 5.19. The Kier molecular flexibility index (Phi) is 11.9. The lowest BCUT2D eigenvalue weighted by molar-refractivity contribution is -0.384. The van der Waals surface area contributed by atoms with Gasteiger partial charge >= 0.3 is 5.97 Å². The van der Waals surface area contributed by atoms with Crippen LogP contribution in [-0.2, 0) is 9.59 Å². The lowest BCUT2D eigenvalue weighted by Crippen LogP contribution is -2.11. The molecule has 0 atom stereocenters. The van der Waals surface area contributed by atoms with Crippen molar-refractivity contribution < 1.29 is 29.5 Å². The summed E-state index contributed by atoms with van der Waals surface area (Å²) >= 11 is 0. The number of nitrogens with zero attached hydrogens (tertiary/aromatic N) is 1. The lowest BCUT2D eigenvalue weighted by atomic mass is 10.3. The van der Waals surface area contributed by atoms with Gasteiger partial charge in [-0.2, -0.15) is 0 Å². The van der Waals surface area contributed by atoms with Crippen molar-refractivity contribution in [2.45, 2.75) is 13.8 Å². The average Bonchev–Trinajstić information content (AvgIpc) is 2.42. The summed E-state index contributed by atoms with van der Waals surface area (Å²) in [5, 5.41) is 25.5. The van der Waals surface area contributed by atoms with Crippen LogP contribution in [0.5, 0.6) is 5.75 Å². The molecule has 0 amide bonds. The van der Waals surface area contributed by atoms with E-state index in [9.17, 15) is 14.9 Å². The number of rotatable bonds is 3. The fourth-order valence-corrected chi connectivity index (χ4v) is 0.800. The van der Waals surface area contributed by atoms with Crippen LogP contribution in [0.4, 0.5) is 5.69 Å². The van der Waals surface area contributed by atoms with Gasteiger partial charge < -0.3 is 14.9 Å². The molecule has 1 aromatic carbocycles. The number of carbonyl (C=O) groups excluding carboxylic acids is 1.